The first kappa shape index (κ1) is 20.3. The SMILES string of the molecule is CCc1ccccc1NC(=O)CNc1ccc(S(=O)(=O)NC)cc1[N+](=O)[O-]. The molecule has 0 saturated heterocycles. The number of nitrogens with one attached hydrogen (secondary N) is 3. The van der Waals surface area contributed by atoms with Crippen LogP contribution < -0.4 is 15.4 Å². The molecule has 0 atom stereocenters. The third kappa shape index (κ3) is 5.02. The summed E-state index contributed by atoms with van der Waals surface area (Å²) in [7, 11) is -2.60. The second-order valence-electron chi connectivity index (χ2n) is 5.56. The lowest BCUT2D eigenvalue weighted by atomic mass is 10.1. The van der Waals surface area contributed by atoms with Crippen LogP contribution in [0, 0.1) is 10.1 Å². The van der Waals surface area contributed by atoms with Gasteiger partial charge in [0.25, 0.3) is 5.69 Å². The molecule has 9 nitrogen and oxygen atoms in total. The zero-order chi connectivity index (χ0) is 20.0. The summed E-state index contributed by atoms with van der Waals surface area (Å²) in [5.74, 6) is -0.378. The van der Waals surface area contributed by atoms with Gasteiger partial charge in [-0.25, -0.2) is 13.1 Å². The molecule has 27 heavy (non-hydrogen) atoms. The lowest BCUT2D eigenvalue weighted by Crippen LogP contribution is -2.23. The third-order valence-electron chi connectivity index (χ3n) is 3.86. The van der Waals surface area contributed by atoms with Gasteiger partial charge >= 0.3 is 0 Å². The average molecular weight is 392 g/mol. The number of nitro groups is 1. The summed E-state index contributed by atoms with van der Waals surface area (Å²) in [5, 5.41) is 16.7. The van der Waals surface area contributed by atoms with Crippen molar-refractivity contribution in [3.63, 3.8) is 0 Å². The van der Waals surface area contributed by atoms with E-state index in [1.165, 1.54) is 19.2 Å². The number of carbonyl (C=O) groups is 1. The highest BCUT2D eigenvalue weighted by atomic mass is 32.2. The van der Waals surface area contributed by atoms with Crippen LogP contribution in [0.25, 0.3) is 0 Å². The smallest absolute Gasteiger partial charge is 0.293 e. The van der Waals surface area contributed by atoms with Crippen LogP contribution in [0.3, 0.4) is 0 Å². The molecule has 0 bridgehead atoms. The minimum Gasteiger partial charge on any atom is -0.371 e. The summed E-state index contributed by atoms with van der Waals surface area (Å²) in [6.45, 7) is 1.75. The molecule has 0 heterocycles. The number of benzene rings is 2. The quantitative estimate of drug-likeness (QED) is 0.466. The van der Waals surface area contributed by atoms with Crippen LogP contribution in [-0.4, -0.2) is 32.8 Å². The van der Waals surface area contributed by atoms with Crippen LogP contribution in [0.4, 0.5) is 17.1 Å². The summed E-state index contributed by atoms with van der Waals surface area (Å²) < 4.78 is 25.7. The van der Waals surface area contributed by atoms with Gasteiger partial charge in [-0.15, -0.1) is 0 Å². The van der Waals surface area contributed by atoms with Gasteiger partial charge in [0.15, 0.2) is 0 Å². The summed E-state index contributed by atoms with van der Waals surface area (Å²) >= 11 is 0. The van der Waals surface area contributed by atoms with Crippen LogP contribution in [0.15, 0.2) is 47.4 Å². The van der Waals surface area contributed by atoms with Gasteiger partial charge in [-0.1, -0.05) is 25.1 Å². The van der Waals surface area contributed by atoms with Gasteiger partial charge < -0.3 is 10.6 Å². The molecule has 0 aliphatic carbocycles. The molecular formula is C17H20N4O5S. The summed E-state index contributed by atoms with van der Waals surface area (Å²) in [6.07, 6.45) is 0.747. The Morgan fingerprint density at radius 1 is 1.15 bits per heavy atom. The Balaban J connectivity index is 2.15. The highest BCUT2D eigenvalue weighted by Crippen LogP contribution is 2.27. The van der Waals surface area contributed by atoms with E-state index >= 15 is 0 Å². The van der Waals surface area contributed by atoms with E-state index in [0.717, 1.165) is 18.1 Å². The number of rotatable bonds is 8. The van der Waals surface area contributed by atoms with Crippen molar-refractivity contribution in [3.05, 3.63) is 58.1 Å². The molecule has 1 amide bonds. The van der Waals surface area contributed by atoms with Crippen LogP contribution in [-0.2, 0) is 21.2 Å². The second kappa shape index (κ2) is 8.60. The number of para-hydroxylation sites is 1. The maximum absolute atomic E-state index is 12.2. The van der Waals surface area contributed by atoms with Gasteiger partial charge in [0, 0.05) is 11.8 Å². The fraction of sp³-hybridized carbons (Fsp3) is 0.235. The van der Waals surface area contributed by atoms with E-state index in [1.807, 2.05) is 19.1 Å². The minimum absolute atomic E-state index is 0.0500. The Hall–Kier alpha value is -2.98. The Kier molecular flexibility index (Phi) is 6.48. The number of anilines is 2. The Labute approximate surface area is 157 Å². The topological polar surface area (TPSA) is 130 Å². The molecule has 0 aromatic heterocycles. The molecule has 0 saturated carbocycles. The van der Waals surface area contributed by atoms with E-state index in [-0.39, 0.29) is 23.0 Å². The van der Waals surface area contributed by atoms with Gasteiger partial charge in [-0.3, -0.25) is 14.9 Å². The fourth-order valence-corrected chi connectivity index (χ4v) is 3.17. The molecule has 3 N–H and O–H groups in total. The maximum atomic E-state index is 12.2. The molecule has 2 rings (SSSR count). The zero-order valence-electron chi connectivity index (χ0n) is 14.9. The molecule has 0 spiro atoms. The number of nitrogens with zero attached hydrogens (tertiary/aromatic N) is 1. The van der Waals surface area contributed by atoms with Crippen molar-refractivity contribution in [3.8, 4) is 0 Å². The lowest BCUT2D eigenvalue weighted by Gasteiger charge is -2.11. The first-order chi connectivity index (χ1) is 12.8. The van der Waals surface area contributed by atoms with Crippen LogP contribution in [0.2, 0.25) is 0 Å². The largest absolute Gasteiger partial charge is 0.371 e. The summed E-state index contributed by atoms with van der Waals surface area (Å²) in [4.78, 5) is 22.5. The summed E-state index contributed by atoms with van der Waals surface area (Å²) in [5.41, 5.74) is 1.26. The molecule has 0 fully saturated rings. The number of sulfonamides is 1. The van der Waals surface area contributed by atoms with Crippen molar-refractivity contribution in [2.45, 2.75) is 18.2 Å². The fourth-order valence-electron chi connectivity index (χ4n) is 2.42. The number of amides is 1. The predicted octanol–water partition coefficient (Wildman–Crippen LogP) is 2.12. The molecular weight excluding hydrogens is 372 g/mol. The van der Waals surface area contributed by atoms with Crippen molar-refractivity contribution in [2.75, 3.05) is 24.2 Å². The molecule has 10 heteroatoms. The molecule has 0 radical (unpaired) electrons. The molecule has 2 aromatic carbocycles. The van der Waals surface area contributed by atoms with E-state index in [9.17, 15) is 23.3 Å². The van der Waals surface area contributed by atoms with Gasteiger partial charge in [0.2, 0.25) is 15.9 Å². The average Bonchev–Trinajstić information content (AvgIpc) is 2.66. The lowest BCUT2D eigenvalue weighted by molar-refractivity contribution is -0.384. The van der Waals surface area contributed by atoms with Crippen molar-refractivity contribution >= 4 is 33.0 Å². The van der Waals surface area contributed by atoms with Gasteiger partial charge in [-0.2, -0.15) is 0 Å². The minimum atomic E-state index is -3.81. The number of nitro benzene ring substituents is 1. The van der Waals surface area contributed by atoms with Crippen molar-refractivity contribution in [1.29, 1.82) is 0 Å². The van der Waals surface area contributed by atoms with E-state index in [0.29, 0.717) is 5.69 Å². The molecule has 0 aliphatic heterocycles. The van der Waals surface area contributed by atoms with Gasteiger partial charge in [-0.05, 0) is 37.2 Å². The molecule has 0 aliphatic rings. The van der Waals surface area contributed by atoms with Crippen LogP contribution in [0.1, 0.15) is 12.5 Å². The standard InChI is InChI=1S/C17H20N4O5S/c1-3-12-6-4-5-7-14(12)20-17(22)11-19-15-9-8-13(27(25,26)18-2)10-16(15)21(23)24/h4-10,18-19H,3,11H2,1-2H3,(H,20,22). The van der Waals surface area contributed by atoms with Gasteiger partial charge in [0.1, 0.15) is 5.69 Å². The Morgan fingerprint density at radius 3 is 2.48 bits per heavy atom. The first-order valence-corrected chi connectivity index (χ1v) is 9.60. The van der Waals surface area contributed by atoms with E-state index in [1.54, 1.807) is 12.1 Å². The Morgan fingerprint density at radius 2 is 1.85 bits per heavy atom. The zero-order valence-corrected chi connectivity index (χ0v) is 15.7. The van der Waals surface area contributed by atoms with Crippen molar-refractivity contribution in [1.82, 2.24) is 4.72 Å². The summed E-state index contributed by atoms with van der Waals surface area (Å²) in [6, 6.07) is 10.8. The number of hydrogen-bond donors (Lipinski definition) is 3. The monoisotopic (exact) mass is 392 g/mol. The van der Waals surface area contributed by atoms with Crippen LogP contribution >= 0.6 is 0 Å². The number of aryl methyl sites for hydroxylation is 1. The third-order valence-corrected chi connectivity index (χ3v) is 5.27. The highest BCUT2D eigenvalue weighted by Gasteiger charge is 2.20. The van der Waals surface area contributed by atoms with E-state index in [2.05, 4.69) is 15.4 Å². The second-order valence-corrected chi connectivity index (χ2v) is 7.44. The molecule has 2 aromatic rings. The number of carbonyl (C=O) groups excluding carboxylic acids is 1. The number of hydrogen-bond acceptors (Lipinski definition) is 6. The van der Waals surface area contributed by atoms with Crippen LogP contribution in [0.5, 0.6) is 0 Å². The van der Waals surface area contributed by atoms with E-state index < -0.39 is 20.6 Å². The first-order valence-electron chi connectivity index (χ1n) is 8.12. The van der Waals surface area contributed by atoms with E-state index in [4.69, 9.17) is 0 Å². The van der Waals surface area contributed by atoms with Crippen molar-refractivity contribution < 1.29 is 18.1 Å². The predicted molar refractivity (Wildman–Crippen MR) is 102 cm³/mol. The maximum Gasteiger partial charge on any atom is 0.293 e. The normalized spacial score (nSPS) is 11.0. The van der Waals surface area contributed by atoms with Crippen molar-refractivity contribution in [2.24, 2.45) is 0 Å². The molecule has 0 unspecified atom stereocenters. The highest BCUT2D eigenvalue weighted by molar-refractivity contribution is 7.89. The van der Waals surface area contributed by atoms with Gasteiger partial charge in [0.05, 0.1) is 16.4 Å². The molecule has 144 valence electrons. The Bertz CT molecular complexity index is 960.